The Balaban J connectivity index is 2.10. The summed E-state index contributed by atoms with van der Waals surface area (Å²) in [7, 11) is 0. The van der Waals surface area contributed by atoms with Crippen LogP contribution in [0.1, 0.15) is 36.4 Å². The van der Waals surface area contributed by atoms with Crippen LogP contribution in [-0.4, -0.2) is 0 Å². The Kier molecular flexibility index (Phi) is 4.54. The minimum absolute atomic E-state index is 0.0183. The van der Waals surface area contributed by atoms with Gasteiger partial charge in [-0.1, -0.05) is 28.1 Å². The second-order valence-electron chi connectivity index (χ2n) is 4.29. The molecule has 0 radical (unpaired) electrons. The maximum atomic E-state index is 13.8. The fraction of sp³-hybridized carbons (Fsp3) is 0.286. The van der Waals surface area contributed by atoms with Crippen molar-refractivity contribution in [1.82, 2.24) is 5.32 Å². The molecule has 0 amide bonds. The SMILES string of the molecule is CC(N[C@@H](C)c1cccs1)c1ccc(Br)cc1F. The van der Waals surface area contributed by atoms with E-state index in [4.69, 9.17) is 0 Å². The molecule has 0 saturated heterocycles. The van der Waals surface area contributed by atoms with Crippen molar-refractivity contribution >= 4 is 27.3 Å². The first-order valence-electron chi connectivity index (χ1n) is 5.82. The van der Waals surface area contributed by atoms with Gasteiger partial charge in [0.15, 0.2) is 0 Å². The number of benzene rings is 1. The molecule has 0 fully saturated rings. The van der Waals surface area contributed by atoms with E-state index in [1.54, 1.807) is 11.3 Å². The number of hydrogen-bond acceptors (Lipinski definition) is 2. The van der Waals surface area contributed by atoms with E-state index in [0.717, 1.165) is 4.47 Å². The van der Waals surface area contributed by atoms with Crippen LogP contribution >= 0.6 is 27.3 Å². The molecule has 1 unspecified atom stereocenters. The Morgan fingerprint density at radius 2 is 2.00 bits per heavy atom. The maximum absolute atomic E-state index is 13.8. The van der Waals surface area contributed by atoms with E-state index in [2.05, 4.69) is 39.6 Å². The molecule has 0 aliphatic carbocycles. The van der Waals surface area contributed by atoms with E-state index in [1.165, 1.54) is 10.9 Å². The van der Waals surface area contributed by atoms with Crippen LogP contribution in [0.3, 0.4) is 0 Å². The van der Waals surface area contributed by atoms with E-state index >= 15 is 0 Å². The number of halogens is 2. The minimum Gasteiger partial charge on any atom is -0.303 e. The zero-order valence-electron chi connectivity index (χ0n) is 10.3. The quantitative estimate of drug-likeness (QED) is 0.827. The van der Waals surface area contributed by atoms with E-state index in [1.807, 2.05) is 25.1 Å². The molecule has 1 heterocycles. The standard InChI is InChI=1S/C14H15BrFNS/c1-9(12-6-5-11(15)8-13(12)16)17-10(2)14-4-3-7-18-14/h3-10,17H,1-2H3/t9?,10-/m0/s1. The highest BCUT2D eigenvalue weighted by molar-refractivity contribution is 9.10. The average Bonchev–Trinajstić information content (AvgIpc) is 2.81. The highest BCUT2D eigenvalue weighted by atomic mass is 79.9. The average molecular weight is 328 g/mol. The third-order valence-corrected chi connectivity index (χ3v) is 4.45. The van der Waals surface area contributed by atoms with Gasteiger partial charge in [0.1, 0.15) is 5.82 Å². The second-order valence-corrected chi connectivity index (χ2v) is 6.19. The Labute approximate surface area is 119 Å². The van der Waals surface area contributed by atoms with Gasteiger partial charge in [-0.15, -0.1) is 11.3 Å². The van der Waals surface area contributed by atoms with Gasteiger partial charge in [0.2, 0.25) is 0 Å². The summed E-state index contributed by atoms with van der Waals surface area (Å²) in [4.78, 5) is 1.26. The predicted molar refractivity (Wildman–Crippen MR) is 78.4 cm³/mol. The molecule has 0 aliphatic rings. The lowest BCUT2D eigenvalue weighted by Crippen LogP contribution is -2.22. The molecule has 1 N–H and O–H groups in total. The summed E-state index contributed by atoms with van der Waals surface area (Å²) in [5.74, 6) is -0.178. The summed E-state index contributed by atoms with van der Waals surface area (Å²) < 4.78 is 14.6. The second kappa shape index (κ2) is 5.95. The molecule has 1 aromatic heterocycles. The Morgan fingerprint density at radius 1 is 1.22 bits per heavy atom. The molecule has 0 spiro atoms. The maximum Gasteiger partial charge on any atom is 0.129 e. The highest BCUT2D eigenvalue weighted by Crippen LogP contribution is 2.25. The van der Waals surface area contributed by atoms with Crippen molar-refractivity contribution in [2.24, 2.45) is 0 Å². The molecule has 2 atom stereocenters. The highest BCUT2D eigenvalue weighted by Gasteiger charge is 2.15. The molecular formula is C14H15BrFNS. The first-order chi connectivity index (χ1) is 8.58. The summed E-state index contributed by atoms with van der Waals surface area (Å²) in [6.45, 7) is 4.08. The van der Waals surface area contributed by atoms with Crippen molar-refractivity contribution < 1.29 is 4.39 Å². The van der Waals surface area contributed by atoms with Crippen molar-refractivity contribution in [3.05, 3.63) is 56.4 Å². The van der Waals surface area contributed by atoms with Crippen LogP contribution in [0, 0.1) is 5.82 Å². The molecule has 0 aliphatic heterocycles. The van der Waals surface area contributed by atoms with Gasteiger partial charge in [-0.3, -0.25) is 0 Å². The van der Waals surface area contributed by atoms with E-state index < -0.39 is 0 Å². The normalized spacial score (nSPS) is 14.4. The molecule has 1 nitrogen and oxygen atoms in total. The zero-order valence-corrected chi connectivity index (χ0v) is 12.7. The van der Waals surface area contributed by atoms with Crippen LogP contribution in [0.2, 0.25) is 0 Å². The molecule has 96 valence electrons. The van der Waals surface area contributed by atoms with E-state index in [0.29, 0.717) is 5.56 Å². The van der Waals surface area contributed by atoms with Crippen LogP contribution in [0.4, 0.5) is 4.39 Å². The third-order valence-electron chi connectivity index (χ3n) is 2.90. The van der Waals surface area contributed by atoms with Crippen molar-refractivity contribution in [3.63, 3.8) is 0 Å². The largest absolute Gasteiger partial charge is 0.303 e. The van der Waals surface area contributed by atoms with Crippen LogP contribution < -0.4 is 5.32 Å². The Hall–Kier alpha value is -0.710. The van der Waals surface area contributed by atoms with Gasteiger partial charge >= 0.3 is 0 Å². The summed E-state index contributed by atoms with van der Waals surface area (Å²) in [5, 5.41) is 5.47. The number of hydrogen-bond donors (Lipinski definition) is 1. The summed E-state index contributed by atoms with van der Waals surface area (Å²) in [5.41, 5.74) is 0.696. The van der Waals surface area contributed by atoms with Gasteiger partial charge in [0, 0.05) is 27.0 Å². The smallest absolute Gasteiger partial charge is 0.129 e. The van der Waals surface area contributed by atoms with Crippen LogP contribution in [0.5, 0.6) is 0 Å². The molecule has 18 heavy (non-hydrogen) atoms. The van der Waals surface area contributed by atoms with Crippen molar-refractivity contribution in [2.45, 2.75) is 25.9 Å². The van der Waals surface area contributed by atoms with E-state index in [9.17, 15) is 4.39 Å². The van der Waals surface area contributed by atoms with Crippen molar-refractivity contribution in [3.8, 4) is 0 Å². The van der Waals surface area contributed by atoms with Gasteiger partial charge in [-0.2, -0.15) is 0 Å². The van der Waals surface area contributed by atoms with Gasteiger partial charge < -0.3 is 5.32 Å². The molecule has 1 aromatic carbocycles. The predicted octanol–water partition coefficient (Wildman–Crippen LogP) is 5.06. The number of thiophene rings is 1. The topological polar surface area (TPSA) is 12.0 Å². The molecule has 2 rings (SSSR count). The lowest BCUT2D eigenvalue weighted by molar-refractivity contribution is 0.478. The Bertz CT molecular complexity index is 513. The zero-order chi connectivity index (χ0) is 13.1. The molecule has 2 aromatic rings. The fourth-order valence-corrected chi connectivity index (χ4v) is 3.01. The molecule has 4 heteroatoms. The Morgan fingerprint density at radius 3 is 2.61 bits per heavy atom. The summed E-state index contributed by atoms with van der Waals surface area (Å²) in [6.07, 6.45) is 0. The monoisotopic (exact) mass is 327 g/mol. The number of nitrogens with one attached hydrogen (secondary N) is 1. The summed E-state index contributed by atoms with van der Waals surface area (Å²) in [6, 6.07) is 9.52. The molecule has 0 bridgehead atoms. The van der Waals surface area contributed by atoms with Crippen LogP contribution in [-0.2, 0) is 0 Å². The number of rotatable bonds is 4. The van der Waals surface area contributed by atoms with Gasteiger partial charge in [-0.05, 0) is 37.4 Å². The lowest BCUT2D eigenvalue weighted by Gasteiger charge is -2.20. The first kappa shape index (κ1) is 13.7. The van der Waals surface area contributed by atoms with Crippen molar-refractivity contribution in [1.29, 1.82) is 0 Å². The summed E-state index contributed by atoms with van der Waals surface area (Å²) >= 11 is 4.98. The lowest BCUT2D eigenvalue weighted by atomic mass is 10.1. The third kappa shape index (κ3) is 3.19. The molecule has 0 saturated carbocycles. The molecular weight excluding hydrogens is 313 g/mol. The van der Waals surface area contributed by atoms with Crippen LogP contribution in [0.15, 0.2) is 40.2 Å². The van der Waals surface area contributed by atoms with Crippen LogP contribution in [0.25, 0.3) is 0 Å². The van der Waals surface area contributed by atoms with Gasteiger partial charge in [0.25, 0.3) is 0 Å². The minimum atomic E-state index is -0.178. The van der Waals surface area contributed by atoms with Gasteiger partial charge in [-0.25, -0.2) is 4.39 Å². The van der Waals surface area contributed by atoms with Crippen molar-refractivity contribution in [2.75, 3.05) is 0 Å². The first-order valence-corrected chi connectivity index (χ1v) is 7.49. The van der Waals surface area contributed by atoms with Gasteiger partial charge in [0.05, 0.1) is 0 Å². The fourth-order valence-electron chi connectivity index (χ4n) is 1.94. The van der Waals surface area contributed by atoms with E-state index in [-0.39, 0.29) is 17.9 Å².